The van der Waals surface area contributed by atoms with E-state index in [9.17, 15) is 4.79 Å². The van der Waals surface area contributed by atoms with Gasteiger partial charge in [0.2, 0.25) is 0 Å². The predicted molar refractivity (Wildman–Crippen MR) is 134 cm³/mol. The molecule has 164 valence electrons. The number of anilines is 2. The molecule has 2 N–H and O–H groups in total. The van der Waals surface area contributed by atoms with Crippen molar-refractivity contribution in [3.63, 3.8) is 0 Å². The molecule has 1 unspecified atom stereocenters. The monoisotopic (exact) mass is 426 g/mol. The van der Waals surface area contributed by atoms with Gasteiger partial charge in [-0.25, -0.2) is 0 Å². The maximum absolute atomic E-state index is 12.9. The summed E-state index contributed by atoms with van der Waals surface area (Å²) < 4.78 is 0. The van der Waals surface area contributed by atoms with Crippen LogP contribution >= 0.6 is 0 Å². The Balaban J connectivity index is 1.61. The number of aromatic amines is 1. The van der Waals surface area contributed by atoms with Gasteiger partial charge in [0.1, 0.15) is 0 Å². The highest BCUT2D eigenvalue weighted by Crippen LogP contribution is 2.31. The van der Waals surface area contributed by atoms with E-state index < -0.39 is 0 Å². The molecule has 0 saturated heterocycles. The molecule has 0 spiro atoms. The Morgan fingerprint density at radius 2 is 1.44 bits per heavy atom. The van der Waals surface area contributed by atoms with E-state index in [1.165, 1.54) is 16.5 Å². The molecule has 1 aromatic heterocycles. The molecule has 5 heteroatoms. The number of carbonyl (C=O) groups excluding carboxylic acids is 1. The van der Waals surface area contributed by atoms with Crippen molar-refractivity contribution in [3.05, 3.63) is 95.7 Å². The van der Waals surface area contributed by atoms with E-state index in [1.54, 1.807) is 0 Å². The Morgan fingerprint density at radius 1 is 0.844 bits per heavy atom. The highest BCUT2D eigenvalue weighted by atomic mass is 16.1. The maximum Gasteiger partial charge on any atom is 0.251 e. The van der Waals surface area contributed by atoms with E-state index in [1.807, 2.05) is 63.4 Å². The largest absolute Gasteiger partial charge is 0.378 e. The number of H-pyrrole nitrogens is 1. The summed E-state index contributed by atoms with van der Waals surface area (Å²) in [6.45, 7) is 0.511. The number of nitrogens with zero attached hydrogens (tertiary/aromatic N) is 2. The zero-order chi connectivity index (χ0) is 22.7. The number of hydrogen-bond donors (Lipinski definition) is 2. The van der Waals surface area contributed by atoms with Crippen molar-refractivity contribution < 1.29 is 4.79 Å². The van der Waals surface area contributed by atoms with Crippen LogP contribution in [-0.2, 0) is 0 Å². The molecule has 0 fully saturated rings. The topological polar surface area (TPSA) is 51.4 Å². The second-order valence-corrected chi connectivity index (χ2v) is 8.48. The second-order valence-electron chi connectivity index (χ2n) is 8.48. The van der Waals surface area contributed by atoms with Crippen LogP contribution in [-0.4, -0.2) is 45.6 Å². The Hall–Kier alpha value is -3.73. The minimum absolute atomic E-state index is 0.0346. The molecule has 0 bridgehead atoms. The molecule has 3 aromatic carbocycles. The third-order valence-corrected chi connectivity index (χ3v) is 5.92. The number of carbonyl (C=O) groups is 1. The van der Waals surface area contributed by atoms with Gasteiger partial charge in [-0.3, -0.25) is 4.79 Å². The molecular weight excluding hydrogens is 396 g/mol. The van der Waals surface area contributed by atoms with Gasteiger partial charge in [-0.05, 0) is 53.6 Å². The van der Waals surface area contributed by atoms with Crippen molar-refractivity contribution in [3.8, 4) is 0 Å². The van der Waals surface area contributed by atoms with Gasteiger partial charge in [0.05, 0.1) is 0 Å². The molecule has 5 nitrogen and oxygen atoms in total. The van der Waals surface area contributed by atoms with Gasteiger partial charge in [-0.1, -0.05) is 30.3 Å². The van der Waals surface area contributed by atoms with Crippen LogP contribution in [0.1, 0.15) is 27.4 Å². The van der Waals surface area contributed by atoms with Gasteiger partial charge in [-0.2, -0.15) is 0 Å². The van der Waals surface area contributed by atoms with Crippen LogP contribution in [0.5, 0.6) is 0 Å². The lowest BCUT2D eigenvalue weighted by molar-refractivity contribution is 0.0952. The van der Waals surface area contributed by atoms with Crippen molar-refractivity contribution in [2.45, 2.75) is 5.92 Å². The van der Waals surface area contributed by atoms with E-state index >= 15 is 0 Å². The predicted octanol–water partition coefficient (Wildman–Crippen LogP) is 4.86. The van der Waals surface area contributed by atoms with Crippen LogP contribution in [0.25, 0.3) is 10.9 Å². The summed E-state index contributed by atoms with van der Waals surface area (Å²) in [6, 6.07) is 24.5. The normalized spacial score (nSPS) is 11.9. The third-order valence-electron chi connectivity index (χ3n) is 5.92. The quantitative estimate of drug-likeness (QED) is 0.444. The molecule has 1 heterocycles. The van der Waals surface area contributed by atoms with Crippen LogP contribution in [0.4, 0.5) is 11.4 Å². The Morgan fingerprint density at radius 3 is 2.06 bits per heavy atom. The molecule has 4 rings (SSSR count). The fourth-order valence-corrected chi connectivity index (χ4v) is 4.00. The Kier molecular flexibility index (Phi) is 6.17. The lowest BCUT2D eigenvalue weighted by Gasteiger charge is -2.20. The first-order valence-corrected chi connectivity index (χ1v) is 10.8. The van der Waals surface area contributed by atoms with Crippen molar-refractivity contribution in [2.24, 2.45) is 0 Å². The van der Waals surface area contributed by atoms with Crippen molar-refractivity contribution in [2.75, 3.05) is 44.5 Å². The molecule has 1 atom stereocenters. The van der Waals surface area contributed by atoms with Gasteiger partial charge in [0.25, 0.3) is 5.91 Å². The number of rotatable bonds is 7. The summed E-state index contributed by atoms with van der Waals surface area (Å²) in [5.41, 5.74) is 6.33. The fourth-order valence-electron chi connectivity index (χ4n) is 4.00. The van der Waals surface area contributed by atoms with E-state index in [2.05, 4.69) is 63.9 Å². The van der Waals surface area contributed by atoms with E-state index in [0.29, 0.717) is 12.1 Å². The van der Waals surface area contributed by atoms with Gasteiger partial charge in [-0.15, -0.1) is 0 Å². The maximum atomic E-state index is 12.9. The number of aromatic nitrogens is 1. The number of amides is 1. The molecule has 32 heavy (non-hydrogen) atoms. The SMILES string of the molecule is CN(C)c1ccc(C(=O)NCC(c2ccc(N(C)C)cc2)c2c[nH]c3ccccc23)cc1. The van der Waals surface area contributed by atoms with Gasteiger partial charge >= 0.3 is 0 Å². The summed E-state index contributed by atoms with van der Waals surface area (Å²) >= 11 is 0. The lowest BCUT2D eigenvalue weighted by Crippen LogP contribution is -2.29. The molecule has 1 amide bonds. The van der Waals surface area contributed by atoms with Crippen molar-refractivity contribution >= 4 is 28.2 Å². The minimum Gasteiger partial charge on any atom is -0.378 e. The molecule has 0 saturated carbocycles. The van der Waals surface area contributed by atoms with Crippen LogP contribution < -0.4 is 15.1 Å². The highest BCUT2D eigenvalue weighted by Gasteiger charge is 2.20. The second kappa shape index (κ2) is 9.18. The molecular formula is C27H30N4O. The standard InChI is InChI=1S/C27H30N4O/c1-30(2)21-13-9-19(10-14-21)24(25-18-28-26-8-6-5-7-23(25)26)17-29-27(32)20-11-15-22(16-12-20)31(3)4/h5-16,18,24,28H,17H2,1-4H3,(H,29,32). The van der Waals surface area contributed by atoms with E-state index in [0.717, 1.165) is 16.9 Å². The molecule has 0 aliphatic carbocycles. The molecule has 4 aromatic rings. The molecule has 0 aliphatic rings. The molecule has 0 radical (unpaired) electrons. The van der Waals surface area contributed by atoms with Crippen LogP contribution in [0, 0.1) is 0 Å². The third kappa shape index (κ3) is 4.47. The minimum atomic E-state index is -0.0648. The van der Waals surface area contributed by atoms with Crippen LogP contribution in [0.15, 0.2) is 79.0 Å². The number of benzene rings is 3. The number of fused-ring (bicyclic) bond motifs is 1. The van der Waals surface area contributed by atoms with Gasteiger partial charge in [0.15, 0.2) is 0 Å². The lowest BCUT2D eigenvalue weighted by atomic mass is 9.90. The first-order valence-electron chi connectivity index (χ1n) is 10.8. The number of nitrogens with one attached hydrogen (secondary N) is 2. The summed E-state index contributed by atoms with van der Waals surface area (Å²) in [5, 5.41) is 4.34. The van der Waals surface area contributed by atoms with Crippen molar-refractivity contribution in [1.82, 2.24) is 10.3 Å². The summed E-state index contributed by atoms with van der Waals surface area (Å²) in [5.74, 6) is -0.0302. The van der Waals surface area contributed by atoms with Gasteiger partial charge in [0, 0.05) is 74.7 Å². The average Bonchev–Trinajstić information content (AvgIpc) is 3.23. The zero-order valence-electron chi connectivity index (χ0n) is 19.1. The summed E-state index contributed by atoms with van der Waals surface area (Å²) in [7, 11) is 8.05. The highest BCUT2D eigenvalue weighted by molar-refractivity contribution is 5.94. The van der Waals surface area contributed by atoms with Crippen LogP contribution in [0.3, 0.4) is 0 Å². The average molecular weight is 427 g/mol. The van der Waals surface area contributed by atoms with Crippen LogP contribution in [0.2, 0.25) is 0 Å². The first-order chi connectivity index (χ1) is 15.4. The van der Waals surface area contributed by atoms with Gasteiger partial charge < -0.3 is 20.1 Å². The van der Waals surface area contributed by atoms with Crippen molar-refractivity contribution in [1.29, 1.82) is 0 Å². The Labute approximate surface area is 189 Å². The summed E-state index contributed by atoms with van der Waals surface area (Å²) in [4.78, 5) is 20.4. The first kappa shape index (κ1) is 21.5. The number of para-hydroxylation sites is 1. The fraction of sp³-hybridized carbons (Fsp3) is 0.222. The number of hydrogen-bond acceptors (Lipinski definition) is 3. The molecule has 0 aliphatic heterocycles. The van der Waals surface area contributed by atoms with E-state index in [4.69, 9.17) is 0 Å². The smallest absolute Gasteiger partial charge is 0.251 e. The summed E-state index contributed by atoms with van der Waals surface area (Å²) in [6.07, 6.45) is 2.06. The zero-order valence-corrected chi connectivity index (χ0v) is 19.1. The Bertz CT molecular complexity index is 1190. The van der Waals surface area contributed by atoms with E-state index in [-0.39, 0.29) is 11.8 Å².